The molecular weight excluding hydrogens is 420 g/mol. The molecule has 0 aliphatic heterocycles. The first-order chi connectivity index (χ1) is 14.4. The molecule has 3 aromatic rings. The number of hydrogen-bond donors (Lipinski definition) is 2. The molecule has 0 spiro atoms. The van der Waals surface area contributed by atoms with Gasteiger partial charge in [0.2, 0.25) is 11.0 Å². The molecule has 0 aliphatic rings. The van der Waals surface area contributed by atoms with Gasteiger partial charge in [0, 0.05) is 5.69 Å². The van der Waals surface area contributed by atoms with E-state index >= 15 is 0 Å². The third-order valence-electron chi connectivity index (χ3n) is 4.03. The fourth-order valence-corrected chi connectivity index (χ4v) is 4.39. The minimum Gasteiger partial charge on any atom is -0.484 e. The molecule has 2 N–H and O–H groups in total. The summed E-state index contributed by atoms with van der Waals surface area (Å²) in [6.07, 6.45) is 0. The van der Waals surface area contributed by atoms with Crippen LogP contribution in [0.1, 0.15) is 16.7 Å². The van der Waals surface area contributed by atoms with E-state index in [2.05, 4.69) is 20.8 Å². The van der Waals surface area contributed by atoms with Gasteiger partial charge in [-0.15, -0.1) is 10.2 Å². The van der Waals surface area contributed by atoms with Gasteiger partial charge in [0.05, 0.1) is 5.75 Å². The topological polar surface area (TPSA) is 93.2 Å². The van der Waals surface area contributed by atoms with Crippen LogP contribution in [0.25, 0.3) is 0 Å². The lowest BCUT2D eigenvalue weighted by Crippen LogP contribution is -2.20. The Labute approximate surface area is 183 Å². The van der Waals surface area contributed by atoms with E-state index in [0.29, 0.717) is 15.2 Å². The van der Waals surface area contributed by atoms with E-state index in [1.54, 1.807) is 12.1 Å². The smallest absolute Gasteiger partial charge is 0.264 e. The quantitative estimate of drug-likeness (QED) is 0.401. The number of para-hydroxylation sites is 1. The van der Waals surface area contributed by atoms with Gasteiger partial charge in [-0.05, 0) is 44.0 Å². The van der Waals surface area contributed by atoms with Gasteiger partial charge in [-0.3, -0.25) is 14.9 Å². The molecule has 0 fully saturated rings. The number of aryl methyl sites for hydroxylation is 3. The molecule has 9 heteroatoms. The summed E-state index contributed by atoms with van der Waals surface area (Å²) in [5.41, 5.74) is 4.07. The summed E-state index contributed by atoms with van der Waals surface area (Å²) in [5.74, 6) is 0.375. The Morgan fingerprint density at radius 2 is 1.70 bits per heavy atom. The lowest BCUT2D eigenvalue weighted by molar-refractivity contribution is -0.118. The number of hydrogen-bond acceptors (Lipinski definition) is 7. The van der Waals surface area contributed by atoms with Crippen molar-refractivity contribution < 1.29 is 14.3 Å². The molecule has 1 heterocycles. The van der Waals surface area contributed by atoms with Gasteiger partial charge in [0.25, 0.3) is 5.91 Å². The first kappa shape index (κ1) is 21.8. The Morgan fingerprint density at radius 3 is 2.40 bits per heavy atom. The number of benzene rings is 2. The molecule has 0 saturated heterocycles. The zero-order valence-electron chi connectivity index (χ0n) is 16.9. The van der Waals surface area contributed by atoms with E-state index in [-0.39, 0.29) is 24.2 Å². The van der Waals surface area contributed by atoms with Crippen LogP contribution in [0, 0.1) is 20.8 Å². The van der Waals surface area contributed by atoms with Crippen LogP contribution in [-0.4, -0.2) is 34.4 Å². The van der Waals surface area contributed by atoms with Crippen molar-refractivity contribution >= 4 is 45.7 Å². The third-order valence-corrected chi connectivity index (χ3v) is 6.01. The Balaban J connectivity index is 1.46. The van der Waals surface area contributed by atoms with Gasteiger partial charge < -0.3 is 10.1 Å². The first-order valence-corrected chi connectivity index (χ1v) is 11.0. The summed E-state index contributed by atoms with van der Waals surface area (Å²) in [7, 11) is 0. The van der Waals surface area contributed by atoms with Crippen molar-refractivity contribution in [2.75, 3.05) is 23.0 Å². The second-order valence-electron chi connectivity index (χ2n) is 6.63. The molecule has 30 heavy (non-hydrogen) atoms. The number of nitrogens with one attached hydrogen (secondary N) is 2. The summed E-state index contributed by atoms with van der Waals surface area (Å²) in [4.78, 5) is 24.3. The fourth-order valence-electron chi connectivity index (χ4n) is 2.82. The predicted octanol–water partition coefficient (Wildman–Crippen LogP) is 4.21. The molecule has 156 valence electrons. The van der Waals surface area contributed by atoms with Crippen molar-refractivity contribution in [1.29, 1.82) is 0 Å². The number of thioether (sulfide) groups is 1. The van der Waals surface area contributed by atoms with Crippen LogP contribution in [-0.2, 0) is 9.59 Å². The minimum absolute atomic E-state index is 0.118. The average Bonchev–Trinajstić information content (AvgIpc) is 3.15. The van der Waals surface area contributed by atoms with E-state index in [1.165, 1.54) is 23.1 Å². The van der Waals surface area contributed by atoms with Crippen molar-refractivity contribution in [2.24, 2.45) is 0 Å². The molecular formula is C21H22N4O3S2. The Hall–Kier alpha value is -2.91. The fraction of sp³-hybridized carbons (Fsp3) is 0.238. The maximum atomic E-state index is 12.3. The molecule has 2 aromatic carbocycles. The van der Waals surface area contributed by atoms with E-state index in [9.17, 15) is 9.59 Å². The van der Waals surface area contributed by atoms with Gasteiger partial charge in [-0.2, -0.15) is 0 Å². The zero-order chi connectivity index (χ0) is 21.5. The number of amides is 2. The van der Waals surface area contributed by atoms with Crippen molar-refractivity contribution in [3.05, 3.63) is 59.2 Å². The summed E-state index contributed by atoms with van der Waals surface area (Å²) >= 11 is 2.48. The Kier molecular flexibility index (Phi) is 7.42. The van der Waals surface area contributed by atoms with Crippen LogP contribution < -0.4 is 15.4 Å². The van der Waals surface area contributed by atoms with Crippen LogP contribution in [0.3, 0.4) is 0 Å². The molecule has 7 nitrogen and oxygen atoms in total. The highest BCUT2D eigenvalue weighted by atomic mass is 32.2. The molecule has 0 bridgehead atoms. The van der Waals surface area contributed by atoms with Crippen LogP contribution in [0.4, 0.5) is 10.8 Å². The number of rotatable bonds is 8. The van der Waals surface area contributed by atoms with Crippen molar-refractivity contribution in [1.82, 2.24) is 10.2 Å². The monoisotopic (exact) mass is 442 g/mol. The van der Waals surface area contributed by atoms with E-state index in [4.69, 9.17) is 4.74 Å². The van der Waals surface area contributed by atoms with E-state index in [1.807, 2.05) is 51.1 Å². The second-order valence-corrected chi connectivity index (χ2v) is 8.83. The third kappa shape index (κ3) is 6.30. The molecule has 1 aromatic heterocycles. The number of aromatic nitrogens is 2. The highest BCUT2D eigenvalue weighted by Crippen LogP contribution is 2.26. The maximum Gasteiger partial charge on any atom is 0.264 e. The highest BCUT2D eigenvalue weighted by molar-refractivity contribution is 8.01. The Bertz CT molecular complexity index is 1010. The first-order valence-electron chi connectivity index (χ1n) is 9.22. The number of carbonyl (C=O) groups is 2. The number of nitrogens with zero attached hydrogens (tertiary/aromatic N) is 2. The standard InChI is InChI=1S/C21H22N4O3S2/c1-13-9-14(2)19(15(3)10-13)22-18(27)12-29-21-25-24-20(30-21)23-17(26)11-28-16-7-5-4-6-8-16/h4-10H,11-12H2,1-3H3,(H,22,27)(H,23,24,26). The predicted molar refractivity (Wildman–Crippen MR) is 120 cm³/mol. The van der Waals surface area contributed by atoms with Crippen LogP contribution in [0.15, 0.2) is 46.8 Å². The van der Waals surface area contributed by atoms with Gasteiger partial charge >= 0.3 is 0 Å². The van der Waals surface area contributed by atoms with Crippen molar-refractivity contribution in [2.45, 2.75) is 25.1 Å². The molecule has 0 unspecified atom stereocenters. The van der Waals surface area contributed by atoms with Crippen molar-refractivity contribution in [3.8, 4) is 5.75 Å². The zero-order valence-corrected chi connectivity index (χ0v) is 18.5. The lowest BCUT2D eigenvalue weighted by atomic mass is 10.1. The SMILES string of the molecule is Cc1cc(C)c(NC(=O)CSc2nnc(NC(=O)COc3ccccc3)s2)c(C)c1. The summed E-state index contributed by atoms with van der Waals surface area (Å²) in [5, 5.41) is 13.9. The largest absolute Gasteiger partial charge is 0.484 e. The molecule has 0 saturated carbocycles. The number of carbonyl (C=O) groups excluding carboxylic acids is 2. The highest BCUT2D eigenvalue weighted by Gasteiger charge is 2.13. The van der Waals surface area contributed by atoms with Gasteiger partial charge in [-0.25, -0.2) is 0 Å². The van der Waals surface area contributed by atoms with Gasteiger partial charge in [0.15, 0.2) is 10.9 Å². The average molecular weight is 443 g/mol. The van der Waals surface area contributed by atoms with Crippen molar-refractivity contribution in [3.63, 3.8) is 0 Å². The Morgan fingerprint density at radius 1 is 1.00 bits per heavy atom. The van der Waals surface area contributed by atoms with Gasteiger partial charge in [-0.1, -0.05) is 59.0 Å². The number of anilines is 2. The molecule has 2 amide bonds. The maximum absolute atomic E-state index is 12.3. The van der Waals surface area contributed by atoms with E-state index < -0.39 is 0 Å². The molecule has 0 aliphatic carbocycles. The molecule has 0 atom stereocenters. The van der Waals surface area contributed by atoms with Crippen LogP contribution >= 0.6 is 23.1 Å². The van der Waals surface area contributed by atoms with Gasteiger partial charge in [0.1, 0.15) is 5.75 Å². The lowest BCUT2D eigenvalue weighted by Gasteiger charge is -2.12. The molecule has 3 rings (SSSR count). The number of ether oxygens (including phenoxy) is 1. The van der Waals surface area contributed by atoms with Crippen LogP contribution in [0.2, 0.25) is 0 Å². The van der Waals surface area contributed by atoms with Crippen LogP contribution in [0.5, 0.6) is 5.75 Å². The summed E-state index contributed by atoms with van der Waals surface area (Å²) in [6, 6.07) is 13.2. The van der Waals surface area contributed by atoms with E-state index in [0.717, 1.165) is 22.4 Å². The summed E-state index contributed by atoms with van der Waals surface area (Å²) in [6.45, 7) is 5.86. The summed E-state index contributed by atoms with van der Waals surface area (Å²) < 4.78 is 5.99. The second kappa shape index (κ2) is 10.2. The normalized spacial score (nSPS) is 10.5. The molecule has 0 radical (unpaired) electrons. The minimum atomic E-state index is -0.324.